The first-order valence-electron chi connectivity index (χ1n) is 7.95. The molecule has 0 aliphatic rings. The number of sulfonamides is 1. The van der Waals surface area contributed by atoms with Crippen molar-refractivity contribution in [1.29, 1.82) is 0 Å². The van der Waals surface area contributed by atoms with Gasteiger partial charge in [-0.05, 0) is 57.2 Å². The molecular formula is C18H18Cl2N2O4S. The Balaban J connectivity index is 2.36. The van der Waals surface area contributed by atoms with Gasteiger partial charge in [0.2, 0.25) is 10.0 Å². The zero-order chi connectivity index (χ0) is 20.4. The molecule has 2 N–H and O–H groups in total. The molecular weight excluding hydrogens is 411 g/mol. The summed E-state index contributed by atoms with van der Waals surface area (Å²) in [7, 11) is -3.91. The predicted molar refractivity (Wildman–Crippen MR) is 106 cm³/mol. The Morgan fingerprint density at radius 1 is 1.00 bits per heavy atom. The second kappa shape index (κ2) is 8.39. The van der Waals surface area contributed by atoms with E-state index in [-0.39, 0.29) is 32.3 Å². The Morgan fingerprint density at radius 3 is 2.11 bits per heavy atom. The van der Waals surface area contributed by atoms with Crippen molar-refractivity contribution in [1.82, 2.24) is 4.72 Å². The molecule has 6 nitrogen and oxygen atoms in total. The molecule has 0 aliphatic carbocycles. The van der Waals surface area contributed by atoms with E-state index >= 15 is 0 Å². The lowest BCUT2D eigenvalue weighted by Gasteiger charge is -2.13. The minimum Gasteiger partial charge on any atom is -0.322 e. The molecule has 0 atom stereocenters. The molecule has 0 bridgehead atoms. The number of hydrogen-bond acceptors (Lipinski definition) is 4. The maximum Gasteiger partial charge on any atom is 0.257 e. The lowest BCUT2D eigenvalue weighted by Crippen LogP contribution is -2.30. The number of halogens is 2. The molecule has 0 heterocycles. The molecule has 0 spiro atoms. The molecule has 0 fully saturated rings. The van der Waals surface area contributed by atoms with Crippen molar-refractivity contribution in [2.24, 2.45) is 0 Å². The molecule has 27 heavy (non-hydrogen) atoms. The van der Waals surface area contributed by atoms with Crippen LogP contribution in [-0.2, 0) is 10.0 Å². The third kappa shape index (κ3) is 5.29. The number of Topliss-reactive ketones (excluding diaryl/α,β-unsaturated/α-hetero) is 1. The maximum atomic E-state index is 12.5. The zero-order valence-corrected chi connectivity index (χ0v) is 17.2. The molecule has 0 saturated heterocycles. The van der Waals surface area contributed by atoms with Crippen LogP contribution >= 0.6 is 23.2 Å². The fourth-order valence-electron chi connectivity index (χ4n) is 2.27. The smallest absolute Gasteiger partial charge is 0.257 e. The molecule has 0 unspecified atom stereocenters. The minimum atomic E-state index is -3.91. The number of benzene rings is 2. The summed E-state index contributed by atoms with van der Waals surface area (Å²) in [6, 6.07) is 8.28. The number of hydrogen-bond donors (Lipinski definition) is 2. The standard InChI is InChI=1S/C18H18Cl2N2O4S/c1-10(2)22-27(25,26)17-8-14(15(19)9-16(17)20)18(24)21-13-6-4-12(5-7-13)11(3)23/h4-10,22H,1-3H3,(H,21,24). The van der Waals surface area contributed by atoms with Gasteiger partial charge in [-0.1, -0.05) is 23.2 Å². The van der Waals surface area contributed by atoms with E-state index in [4.69, 9.17) is 23.2 Å². The van der Waals surface area contributed by atoms with Crippen LogP contribution in [0.5, 0.6) is 0 Å². The topological polar surface area (TPSA) is 92.3 Å². The van der Waals surface area contributed by atoms with Gasteiger partial charge in [0.1, 0.15) is 4.90 Å². The summed E-state index contributed by atoms with van der Waals surface area (Å²) in [5.74, 6) is -0.700. The number of rotatable bonds is 6. The highest BCUT2D eigenvalue weighted by Gasteiger charge is 2.23. The fraction of sp³-hybridized carbons (Fsp3) is 0.222. The van der Waals surface area contributed by atoms with Gasteiger partial charge in [0.25, 0.3) is 5.91 Å². The van der Waals surface area contributed by atoms with E-state index in [1.54, 1.807) is 38.1 Å². The molecule has 0 saturated carbocycles. The van der Waals surface area contributed by atoms with Crippen LogP contribution in [-0.4, -0.2) is 26.2 Å². The van der Waals surface area contributed by atoms with Crippen LogP contribution in [0.15, 0.2) is 41.3 Å². The Morgan fingerprint density at radius 2 is 1.59 bits per heavy atom. The number of ketones is 1. The van der Waals surface area contributed by atoms with E-state index in [0.29, 0.717) is 11.3 Å². The molecule has 144 valence electrons. The number of anilines is 1. The van der Waals surface area contributed by atoms with Crippen molar-refractivity contribution in [3.05, 3.63) is 57.6 Å². The summed E-state index contributed by atoms with van der Waals surface area (Å²) in [4.78, 5) is 23.6. The van der Waals surface area contributed by atoms with Gasteiger partial charge in [-0.3, -0.25) is 9.59 Å². The van der Waals surface area contributed by atoms with Crippen molar-refractivity contribution >= 4 is 50.6 Å². The Hall–Kier alpha value is -1.93. The molecule has 0 aromatic heterocycles. The molecule has 2 aromatic carbocycles. The van der Waals surface area contributed by atoms with E-state index in [1.165, 1.54) is 13.0 Å². The molecule has 9 heteroatoms. The van der Waals surface area contributed by atoms with Crippen LogP contribution in [0.25, 0.3) is 0 Å². The quantitative estimate of drug-likeness (QED) is 0.676. The lowest BCUT2D eigenvalue weighted by atomic mass is 10.1. The van der Waals surface area contributed by atoms with Crippen LogP contribution < -0.4 is 10.0 Å². The third-order valence-corrected chi connectivity index (χ3v) is 5.93. The van der Waals surface area contributed by atoms with Crippen LogP contribution in [0.1, 0.15) is 41.5 Å². The van der Waals surface area contributed by atoms with Gasteiger partial charge in [0, 0.05) is 17.3 Å². The summed E-state index contributed by atoms with van der Waals surface area (Å²) in [5, 5.41) is 2.54. The van der Waals surface area contributed by atoms with Crippen LogP contribution in [0, 0.1) is 0 Å². The van der Waals surface area contributed by atoms with Crippen LogP contribution in [0.4, 0.5) is 5.69 Å². The fourth-order valence-corrected chi connectivity index (χ4v) is 4.38. The summed E-state index contributed by atoms with van der Waals surface area (Å²) < 4.78 is 27.2. The van der Waals surface area contributed by atoms with Gasteiger partial charge in [0.15, 0.2) is 5.78 Å². The highest BCUT2D eigenvalue weighted by Crippen LogP contribution is 2.29. The molecule has 2 aromatic rings. The van der Waals surface area contributed by atoms with Crippen molar-refractivity contribution in [2.75, 3.05) is 5.32 Å². The number of carbonyl (C=O) groups is 2. The summed E-state index contributed by atoms with van der Waals surface area (Å²) in [5.41, 5.74) is 0.896. The van der Waals surface area contributed by atoms with E-state index < -0.39 is 15.9 Å². The SMILES string of the molecule is CC(=O)c1ccc(NC(=O)c2cc(S(=O)(=O)NC(C)C)c(Cl)cc2Cl)cc1. The van der Waals surface area contributed by atoms with E-state index in [0.717, 1.165) is 6.07 Å². The van der Waals surface area contributed by atoms with Crippen molar-refractivity contribution < 1.29 is 18.0 Å². The van der Waals surface area contributed by atoms with Gasteiger partial charge < -0.3 is 5.32 Å². The first kappa shape index (κ1) is 21.4. The molecule has 2 rings (SSSR count). The predicted octanol–water partition coefficient (Wildman–Crippen LogP) is 4.14. The van der Waals surface area contributed by atoms with Crippen molar-refractivity contribution in [3.63, 3.8) is 0 Å². The lowest BCUT2D eigenvalue weighted by molar-refractivity contribution is 0.101. The molecule has 1 amide bonds. The first-order valence-corrected chi connectivity index (χ1v) is 10.2. The zero-order valence-electron chi connectivity index (χ0n) is 14.8. The average molecular weight is 429 g/mol. The van der Waals surface area contributed by atoms with E-state index in [2.05, 4.69) is 10.0 Å². The summed E-state index contributed by atoms with van der Waals surface area (Å²) >= 11 is 12.1. The van der Waals surface area contributed by atoms with Gasteiger partial charge >= 0.3 is 0 Å². The van der Waals surface area contributed by atoms with Gasteiger partial charge in [-0.2, -0.15) is 0 Å². The van der Waals surface area contributed by atoms with Crippen LogP contribution in [0.3, 0.4) is 0 Å². The monoisotopic (exact) mass is 428 g/mol. The minimum absolute atomic E-state index is 0.0151. The Kier molecular flexibility index (Phi) is 6.64. The first-order chi connectivity index (χ1) is 12.5. The van der Waals surface area contributed by atoms with Gasteiger partial charge in [0.05, 0.1) is 15.6 Å². The number of nitrogens with one attached hydrogen (secondary N) is 2. The maximum absolute atomic E-state index is 12.5. The van der Waals surface area contributed by atoms with E-state index in [9.17, 15) is 18.0 Å². The van der Waals surface area contributed by atoms with Crippen molar-refractivity contribution in [3.8, 4) is 0 Å². The second-order valence-electron chi connectivity index (χ2n) is 6.13. The highest BCUT2D eigenvalue weighted by atomic mass is 35.5. The third-order valence-electron chi connectivity index (χ3n) is 3.50. The van der Waals surface area contributed by atoms with Gasteiger partial charge in [-0.15, -0.1) is 0 Å². The van der Waals surface area contributed by atoms with Crippen LogP contribution in [0.2, 0.25) is 10.0 Å². The highest BCUT2D eigenvalue weighted by molar-refractivity contribution is 7.89. The Labute approximate surface area is 167 Å². The van der Waals surface area contributed by atoms with Crippen molar-refractivity contribution in [2.45, 2.75) is 31.7 Å². The normalized spacial score (nSPS) is 11.5. The number of amides is 1. The second-order valence-corrected chi connectivity index (χ2v) is 8.62. The average Bonchev–Trinajstić information content (AvgIpc) is 2.53. The van der Waals surface area contributed by atoms with Gasteiger partial charge in [-0.25, -0.2) is 13.1 Å². The van der Waals surface area contributed by atoms with E-state index in [1.807, 2.05) is 0 Å². The molecule has 0 aliphatic heterocycles. The summed E-state index contributed by atoms with van der Waals surface area (Å²) in [6.07, 6.45) is 0. The number of carbonyl (C=O) groups excluding carboxylic acids is 2. The Bertz CT molecular complexity index is 987. The largest absolute Gasteiger partial charge is 0.322 e. The molecule has 0 radical (unpaired) electrons. The summed E-state index contributed by atoms with van der Waals surface area (Å²) in [6.45, 7) is 4.77.